The lowest BCUT2D eigenvalue weighted by Gasteiger charge is -2.03. The normalized spacial score (nSPS) is 10.4. The Morgan fingerprint density at radius 3 is 3.06 bits per heavy atom. The molecular formula is C10H13N5S. The number of hydrogen-bond acceptors (Lipinski definition) is 5. The van der Waals surface area contributed by atoms with Crippen molar-refractivity contribution < 1.29 is 0 Å². The quantitative estimate of drug-likeness (QED) is 0.815. The summed E-state index contributed by atoms with van der Waals surface area (Å²) in [4.78, 5) is 4.30. The van der Waals surface area contributed by atoms with E-state index in [9.17, 15) is 0 Å². The Labute approximate surface area is 98.3 Å². The SMILES string of the molecule is CNc1ccnc(CSc2nncn2C)c1. The summed E-state index contributed by atoms with van der Waals surface area (Å²) < 4.78 is 1.90. The maximum Gasteiger partial charge on any atom is 0.191 e. The number of aryl methyl sites for hydroxylation is 1. The van der Waals surface area contributed by atoms with Gasteiger partial charge in [0.25, 0.3) is 0 Å². The molecule has 0 saturated carbocycles. The van der Waals surface area contributed by atoms with E-state index in [0.717, 1.165) is 22.3 Å². The van der Waals surface area contributed by atoms with E-state index in [1.165, 1.54) is 0 Å². The van der Waals surface area contributed by atoms with E-state index in [1.807, 2.05) is 30.8 Å². The summed E-state index contributed by atoms with van der Waals surface area (Å²) in [6.07, 6.45) is 3.50. The standard InChI is InChI=1S/C10H13N5S/c1-11-8-3-4-12-9(5-8)6-16-10-14-13-7-15(10)2/h3-5,7H,6H2,1-2H3,(H,11,12). The second-order valence-electron chi connectivity index (χ2n) is 3.30. The lowest BCUT2D eigenvalue weighted by atomic mass is 10.3. The van der Waals surface area contributed by atoms with Gasteiger partial charge in [0, 0.05) is 31.7 Å². The van der Waals surface area contributed by atoms with Gasteiger partial charge >= 0.3 is 0 Å². The molecule has 1 N–H and O–H groups in total. The molecule has 0 aromatic carbocycles. The first-order valence-electron chi connectivity index (χ1n) is 4.89. The molecule has 84 valence electrons. The monoisotopic (exact) mass is 235 g/mol. The summed E-state index contributed by atoms with van der Waals surface area (Å²) in [5, 5.41) is 11.8. The van der Waals surface area contributed by atoms with Crippen LogP contribution in [0.3, 0.4) is 0 Å². The van der Waals surface area contributed by atoms with Crippen molar-refractivity contribution in [3.05, 3.63) is 30.4 Å². The van der Waals surface area contributed by atoms with E-state index in [1.54, 1.807) is 24.3 Å². The van der Waals surface area contributed by atoms with Gasteiger partial charge in [-0.1, -0.05) is 11.8 Å². The van der Waals surface area contributed by atoms with Crippen LogP contribution in [-0.2, 0) is 12.8 Å². The van der Waals surface area contributed by atoms with Crippen molar-refractivity contribution in [3.63, 3.8) is 0 Å². The molecule has 16 heavy (non-hydrogen) atoms. The van der Waals surface area contributed by atoms with Crippen LogP contribution < -0.4 is 5.32 Å². The van der Waals surface area contributed by atoms with Crippen LogP contribution in [0, 0.1) is 0 Å². The number of pyridine rings is 1. The van der Waals surface area contributed by atoms with Crippen LogP contribution in [0.5, 0.6) is 0 Å². The van der Waals surface area contributed by atoms with Crippen LogP contribution in [0.4, 0.5) is 5.69 Å². The lowest BCUT2D eigenvalue weighted by molar-refractivity contribution is 0.788. The van der Waals surface area contributed by atoms with Gasteiger partial charge in [0.2, 0.25) is 0 Å². The van der Waals surface area contributed by atoms with E-state index < -0.39 is 0 Å². The first kappa shape index (κ1) is 10.9. The topological polar surface area (TPSA) is 55.6 Å². The molecule has 2 rings (SSSR count). The van der Waals surface area contributed by atoms with Gasteiger partial charge in [-0.2, -0.15) is 0 Å². The molecule has 2 aromatic rings. The molecule has 0 saturated heterocycles. The third kappa shape index (κ3) is 2.52. The molecule has 6 heteroatoms. The van der Waals surface area contributed by atoms with Gasteiger partial charge < -0.3 is 9.88 Å². The number of hydrogen-bond donors (Lipinski definition) is 1. The molecule has 2 heterocycles. The molecule has 0 aliphatic carbocycles. The van der Waals surface area contributed by atoms with E-state index in [2.05, 4.69) is 20.5 Å². The fourth-order valence-corrected chi connectivity index (χ4v) is 2.04. The van der Waals surface area contributed by atoms with Crippen LogP contribution in [0.1, 0.15) is 5.69 Å². The maximum absolute atomic E-state index is 4.30. The minimum Gasteiger partial charge on any atom is -0.388 e. The van der Waals surface area contributed by atoms with E-state index >= 15 is 0 Å². The number of aromatic nitrogens is 4. The van der Waals surface area contributed by atoms with Crippen molar-refractivity contribution in [3.8, 4) is 0 Å². The highest BCUT2D eigenvalue weighted by Gasteiger charge is 2.03. The number of rotatable bonds is 4. The minimum atomic E-state index is 0.794. The summed E-state index contributed by atoms with van der Waals surface area (Å²) in [6.45, 7) is 0. The van der Waals surface area contributed by atoms with Gasteiger partial charge in [-0.15, -0.1) is 10.2 Å². The molecule has 0 bridgehead atoms. The van der Waals surface area contributed by atoms with Crippen molar-refractivity contribution in [2.75, 3.05) is 12.4 Å². The average Bonchev–Trinajstić information content (AvgIpc) is 2.72. The Morgan fingerprint density at radius 1 is 1.50 bits per heavy atom. The Hall–Kier alpha value is -1.56. The lowest BCUT2D eigenvalue weighted by Crippen LogP contribution is -1.94. The van der Waals surface area contributed by atoms with Gasteiger partial charge in [-0.3, -0.25) is 4.98 Å². The predicted octanol–water partition coefficient (Wildman–Crippen LogP) is 1.54. The predicted molar refractivity (Wildman–Crippen MR) is 64.3 cm³/mol. The maximum atomic E-state index is 4.30. The third-order valence-corrected chi connectivity index (χ3v) is 3.19. The Kier molecular flexibility index (Phi) is 3.40. The highest BCUT2D eigenvalue weighted by atomic mass is 32.2. The van der Waals surface area contributed by atoms with Crippen LogP contribution in [0.2, 0.25) is 0 Å². The van der Waals surface area contributed by atoms with E-state index in [4.69, 9.17) is 0 Å². The zero-order valence-electron chi connectivity index (χ0n) is 9.21. The zero-order chi connectivity index (χ0) is 11.4. The number of nitrogens with one attached hydrogen (secondary N) is 1. The van der Waals surface area contributed by atoms with E-state index in [0.29, 0.717) is 0 Å². The highest BCUT2D eigenvalue weighted by Crippen LogP contribution is 2.19. The van der Waals surface area contributed by atoms with Crippen molar-refractivity contribution in [1.29, 1.82) is 0 Å². The zero-order valence-corrected chi connectivity index (χ0v) is 10.0. The third-order valence-electron chi connectivity index (χ3n) is 2.12. The van der Waals surface area contributed by atoms with Crippen molar-refractivity contribution in [1.82, 2.24) is 19.7 Å². The van der Waals surface area contributed by atoms with Gasteiger partial charge in [-0.05, 0) is 12.1 Å². The smallest absolute Gasteiger partial charge is 0.191 e. The van der Waals surface area contributed by atoms with Crippen molar-refractivity contribution >= 4 is 17.4 Å². The number of thioether (sulfide) groups is 1. The second-order valence-corrected chi connectivity index (χ2v) is 4.24. The Balaban J connectivity index is 2.02. The summed E-state index contributed by atoms with van der Waals surface area (Å²) >= 11 is 1.63. The van der Waals surface area contributed by atoms with Gasteiger partial charge in [0.15, 0.2) is 5.16 Å². The Morgan fingerprint density at radius 2 is 2.38 bits per heavy atom. The van der Waals surface area contributed by atoms with Gasteiger partial charge in [-0.25, -0.2) is 0 Å². The molecule has 0 atom stereocenters. The van der Waals surface area contributed by atoms with Crippen LogP contribution in [0.15, 0.2) is 29.8 Å². The number of nitrogens with zero attached hydrogens (tertiary/aromatic N) is 4. The molecule has 0 fully saturated rings. The summed E-state index contributed by atoms with van der Waals surface area (Å²) in [7, 11) is 3.83. The molecule has 0 amide bonds. The van der Waals surface area contributed by atoms with Gasteiger partial charge in [0.05, 0.1) is 5.69 Å². The summed E-state index contributed by atoms with van der Waals surface area (Å²) in [5.74, 6) is 0.794. The molecule has 5 nitrogen and oxygen atoms in total. The fraction of sp³-hybridized carbons (Fsp3) is 0.300. The fourth-order valence-electron chi connectivity index (χ4n) is 1.25. The molecular weight excluding hydrogens is 222 g/mol. The van der Waals surface area contributed by atoms with E-state index in [-0.39, 0.29) is 0 Å². The minimum absolute atomic E-state index is 0.794. The van der Waals surface area contributed by atoms with Crippen molar-refractivity contribution in [2.24, 2.45) is 7.05 Å². The first-order valence-corrected chi connectivity index (χ1v) is 5.87. The Bertz CT molecular complexity index is 468. The molecule has 0 aliphatic rings. The number of anilines is 1. The highest BCUT2D eigenvalue weighted by molar-refractivity contribution is 7.98. The van der Waals surface area contributed by atoms with Crippen LogP contribution in [0.25, 0.3) is 0 Å². The second kappa shape index (κ2) is 4.98. The molecule has 2 aromatic heterocycles. The average molecular weight is 235 g/mol. The van der Waals surface area contributed by atoms with Gasteiger partial charge in [0.1, 0.15) is 6.33 Å². The summed E-state index contributed by atoms with van der Waals surface area (Å²) in [5.41, 5.74) is 2.10. The van der Waals surface area contributed by atoms with Crippen LogP contribution >= 0.6 is 11.8 Å². The molecule has 0 aliphatic heterocycles. The largest absolute Gasteiger partial charge is 0.388 e. The summed E-state index contributed by atoms with van der Waals surface area (Å²) in [6, 6.07) is 3.97. The van der Waals surface area contributed by atoms with Crippen molar-refractivity contribution in [2.45, 2.75) is 10.9 Å². The van der Waals surface area contributed by atoms with Crippen LogP contribution in [-0.4, -0.2) is 26.8 Å². The first-order chi connectivity index (χ1) is 7.79. The molecule has 0 spiro atoms. The molecule has 0 radical (unpaired) electrons. The molecule has 0 unspecified atom stereocenters.